The van der Waals surface area contributed by atoms with E-state index >= 15 is 0 Å². The van der Waals surface area contributed by atoms with E-state index < -0.39 is 0 Å². The van der Waals surface area contributed by atoms with Crippen LogP contribution in [-0.2, 0) is 0 Å². The monoisotopic (exact) mass is 348 g/mol. The third-order valence-electron chi connectivity index (χ3n) is 4.25. The Balaban J connectivity index is 1.74. The lowest BCUT2D eigenvalue weighted by atomic mass is 9.90. The molecule has 1 heterocycles. The summed E-state index contributed by atoms with van der Waals surface area (Å²) in [6.07, 6.45) is 6.81. The third-order valence-corrected chi connectivity index (χ3v) is 4.75. The molecule has 3 rings (SSSR count). The number of anilines is 1. The number of nitrogens with zero attached hydrogens (tertiary/aromatic N) is 3. The van der Waals surface area contributed by atoms with E-state index in [-0.39, 0.29) is 0 Å². The Labute approximate surface area is 134 Å². The Kier molecular flexibility index (Phi) is 4.40. The average Bonchev–Trinajstić information content (AvgIpc) is 2.48. The Hall–Kier alpha value is -1.20. The SMILES string of the molecule is CN(C)C1CCCC(Nc2ncc3cc(Br)ccc3n2)C1. The molecule has 0 aliphatic heterocycles. The number of benzene rings is 1. The van der Waals surface area contributed by atoms with Crippen LogP contribution in [0.3, 0.4) is 0 Å². The second kappa shape index (κ2) is 6.28. The van der Waals surface area contributed by atoms with Crippen LogP contribution in [0.25, 0.3) is 10.9 Å². The van der Waals surface area contributed by atoms with Gasteiger partial charge in [0.2, 0.25) is 5.95 Å². The summed E-state index contributed by atoms with van der Waals surface area (Å²) in [6, 6.07) is 7.21. The number of hydrogen-bond donors (Lipinski definition) is 1. The maximum Gasteiger partial charge on any atom is 0.223 e. The summed E-state index contributed by atoms with van der Waals surface area (Å²) < 4.78 is 1.06. The Morgan fingerprint density at radius 2 is 2.14 bits per heavy atom. The zero-order valence-corrected chi connectivity index (χ0v) is 14.1. The molecule has 1 aliphatic rings. The smallest absolute Gasteiger partial charge is 0.223 e. The zero-order valence-electron chi connectivity index (χ0n) is 12.5. The summed E-state index contributed by atoms with van der Waals surface area (Å²) in [5.74, 6) is 0.745. The molecule has 1 aromatic carbocycles. The van der Waals surface area contributed by atoms with Crippen molar-refractivity contribution in [1.29, 1.82) is 0 Å². The van der Waals surface area contributed by atoms with Crippen molar-refractivity contribution in [3.63, 3.8) is 0 Å². The molecule has 5 heteroatoms. The molecule has 0 radical (unpaired) electrons. The van der Waals surface area contributed by atoms with E-state index in [2.05, 4.69) is 50.2 Å². The lowest BCUT2D eigenvalue weighted by Gasteiger charge is -2.33. The normalized spacial score (nSPS) is 22.7. The van der Waals surface area contributed by atoms with Gasteiger partial charge in [0, 0.05) is 28.1 Å². The first-order valence-corrected chi connectivity index (χ1v) is 8.26. The van der Waals surface area contributed by atoms with Crippen molar-refractivity contribution in [2.24, 2.45) is 0 Å². The van der Waals surface area contributed by atoms with Gasteiger partial charge in [0.1, 0.15) is 0 Å². The van der Waals surface area contributed by atoms with E-state index in [0.717, 1.165) is 27.7 Å². The van der Waals surface area contributed by atoms with Gasteiger partial charge < -0.3 is 10.2 Å². The molecular formula is C16H21BrN4. The van der Waals surface area contributed by atoms with Gasteiger partial charge in [-0.2, -0.15) is 0 Å². The van der Waals surface area contributed by atoms with Crippen molar-refractivity contribution in [2.45, 2.75) is 37.8 Å². The molecule has 112 valence electrons. The first-order chi connectivity index (χ1) is 10.1. The van der Waals surface area contributed by atoms with Gasteiger partial charge in [-0.3, -0.25) is 0 Å². The number of fused-ring (bicyclic) bond motifs is 1. The fourth-order valence-corrected chi connectivity index (χ4v) is 3.40. The van der Waals surface area contributed by atoms with Crippen LogP contribution in [0.15, 0.2) is 28.9 Å². The Morgan fingerprint density at radius 1 is 1.29 bits per heavy atom. The first-order valence-electron chi connectivity index (χ1n) is 7.47. The molecule has 1 aromatic heterocycles. The van der Waals surface area contributed by atoms with Crippen LogP contribution in [0, 0.1) is 0 Å². The minimum absolute atomic E-state index is 0.471. The van der Waals surface area contributed by atoms with Gasteiger partial charge in [0.25, 0.3) is 0 Å². The molecule has 1 aliphatic carbocycles. The van der Waals surface area contributed by atoms with Crippen molar-refractivity contribution in [3.05, 3.63) is 28.9 Å². The van der Waals surface area contributed by atoms with E-state index in [4.69, 9.17) is 0 Å². The molecule has 2 atom stereocenters. The first kappa shape index (κ1) is 14.7. The van der Waals surface area contributed by atoms with Crippen LogP contribution < -0.4 is 5.32 Å². The molecule has 4 nitrogen and oxygen atoms in total. The van der Waals surface area contributed by atoms with E-state index in [1.807, 2.05) is 24.4 Å². The van der Waals surface area contributed by atoms with Gasteiger partial charge >= 0.3 is 0 Å². The summed E-state index contributed by atoms with van der Waals surface area (Å²) >= 11 is 3.47. The van der Waals surface area contributed by atoms with Crippen molar-refractivity contribution < 1.29 is 0 Å². The van der Waals surface area contributed by atoms with Crippen LogP contribution in [0.2, 0.25) is 0 Å². The van der Waals surface area contributed by atoms with Crippen LogP contribution in [0.5, 0.6) is 0 Å². The number of rotatable bonds is 3. The highest BCUT2D eigenvalue weighted by Crippen LogP contribution is 2.24. The highest BCUT2D eigenvalue weighted by molar-refractivity contribution is 9.10. The summed E-state index contributed by atoms with van der Waals surface area (Å²) in [7, 11) is 4.33. The minimum Gasteiger partial charge on any atom is -0.351 e. The predicted molar refractivity (Wildman–Crippen MR) is 90.6 cm³/mol. The second-order valence-corrected chi connectivity index (χ2v) is 6.94. The summed E-state index contributed by atoms with van der Waals surface area (Å²) in [5.41, 5.74) is 0.982. The average molecular weight is 349 g/mol. The van der Waals surface area contributed by atoms with Gasteiger partial charge in [-0.1, -0.05) is 15.9 Å². The molecule has 0 bridgehead atoms. The lowest BCUT2D eigenvalue weighted by molar-refractivity contribution is 0.219. The van der Waals surface area contributed by atoms with Gasteiger partial charge in [0.15, 0.2) is 0 Å². The van der Waals surface area contributed by atoms with Crippen LogP contribution in [0.1, 0.15) is 25.7 Å². The molecule has 0 spiro atoms. The highest BCUT2D eigenvalue weighted by Gasteiger charge is 2.23. The van der Waals surface area contributed by atoms with E-state index in [9.17, 15) is 0 Å². The van der Waals surface area contributed by atoms with Gasteiger partial charge in [-0.15, -0.1) is 0 Å². The Morgan fingerprint density at radius 3 is 2.95 bits per heavy atom. The van der Waals surface area contributed by atoms with Crippen LogP contribution in [0.4, 0.5) is 5.95 Å². The molecule has 1 fully saturated rings. The lowest BCUT2D eigenvalue weighted by Crippen LogP contribution is -2.38. The second-order valence-electron chi connectivity index (χ2n) is 6.02. The molecule has 1 saturated carbocycles. The van der Waals surface area contributed by atoms with Crippen molar-refractivity contribution >= 4 is 32.8 Å². The van der Waals surface area contributed by atoms with Crippen molar-refractivity contribution in [2.75, 3.05) is 19.4 Å². The topological polar surface area (TPSA) is 41.0 Å². The maximum atomic E-state index is 4.62. The van der Waals surface area contributed by atoms with Gasteiger partial charge in [-0.05, 0) is 58.0 Å². The molecule has 0 amide bonds. The minimum atomic E-state index is 0.471. The van der Waals surface area contributed by atoms with E-state index in [0.29, 0.717) is 12.1 Å². The predicted octanol–water partition coefficient (Wildman–Crippen LogP) is 3.68. The Bertz CT molecular complexity index is 629. The van der Waals surface area contributed by atoms with Crippen molar-refractivity contribution in [1.82, 2.24) is 14.9 Å². The largest absolute Gasteiger partial charge is 0.351 e. The van der Waals surface area contributed by atoms with E-state index in [1.165, 1.54) is 19.3 Å². The summed E-state index contributed by atoms with van der Waals surface area (Å²) in [6.45, 7) is 0. The fraction of sp³-hybridized carbons (Fsp3) is 0.500. The number of halogens is 1. The number of hydrogen-bond acceptors (Lipinski definition) is 4. The van der Waals surface area contributed by atoms with Crippen LogP contribution >= 0.6 is 15.9 Å². The maximum absolute atomic E-state index is 4.62. The van der Waals surface area contributed by atoms with Crippen LogP contribution in [-0.4, -0.2) is 41.0 Å². The molecular weight excluding hydrogens is 328 g/mol. The number of aromatic nitrogens is 2. The van der Waals surface area contributed by atoms with Gasteiger partial charge in [0.05, 0.1) is 5.52 Å². The van der Waals surface area contributed by atoms with Gasteiger partial charge in [-0.25, -0.2) is 9.97 Å². The molecule has 2 aromatic rings. The fourth-order valence-electron chi connectivity index (χ4n) is 3.02. The molecule has 0 saturated heterocycles. The molecule has 21 heavy (non-hydrogen) atoms. The molecule has 1 N–H and O–H groups in total. The zero-order chi connectivity index (χ0) is 14.8. The number of nitrogens with one attached hydrogen (secondary N) is 1. The third kappa shape index (κ3) is 3.52. The van der Waals surface area contributed by atoms with E-state index in [1.54, 1.807) is 0 Å². The molecule has 2 unspecified atom stereocenters. The highest BCUT2D eigenvalue weighted by atomic mass is 79.9. The quantitative estimate of drug-likeness (QED) is 0.918. The van der Waals surface area contributed by atoms with Crippen molar-refractivity contribution in [3.8, 4) is 0 Å². The summed E-state index contributed by atoms with van der Waals surface area (Å²) in [5, 5.41) is 4.57. The summed E-state index contributed by atoms with van der Waals surface area (Å²) in [4.78, 5) is 11.4. The standard InChI is InChI=1S/C16H21BrN4/c1-21(2)14-5-3-4-13(9-14)19-16-18-10-11-8-12(17)6-7-15(11)20-16/h6-8,10,13-14H,3-5,9H2,1-2H3,(H,18,19,20).